The van der Waals surface area contributed by atoms with E-state index in [1.165, 1.54) is 10.6 Å². The van der Waals surface area contributed by atoms with E-state index < -0.39 is 5.76 Å². The van der Waals surface area contributed by atoms with Crippen molar-refractivity contribution in [3.63, 3.8) is 0 Å². The fraction of sp³-hybridized carbons (Fsp3) is 0.211. The van der Waals surface area contributed by atoms with E-state index in [1.54, 1.807) is 48.2 Å². The van der Waals surface area contributed by atoms with E-state index in [1.807, 2.05) is 0 Å². The zero-order valence-electron chi connectivity index (χ0n) is 14.4. The molecule has 4 rings (SSSR count). The number of hydrogen-bond acceptors (Lipinski definition) is 4. The molecule has 1 aliphatic rings. The Hall–Kier alpha value is -3.06. The van der Waals surface area contributed by atoms with Crippen molar-refractivity contribution < 1.29 is 14.0 Å². The lowest BCUT2D eigenvalue weighted by Crippen LogP contribution is -2.42. The largest absolute Gasteiger partial charge is 0.420 e. The van der Waals surface area contributed by atoms with E-state index in [4.69, 9.17) is 16.0 Å². The van der Waals surface area contributed by atoms with E-state index in [9.17, 15) is 14.4 Å². The lowest BCUT2D eigenvalue weighted by atomic mass is 10.1. The quantitative estimate of drug-likeness (QED) is 0.734. The molecule has 1 aromatic heterocycles. The second-order valence-corrected chi connectivity index (χ2v) is 6.88. The molecule has 7 nitrogen and oxygen atoms in total. The number of oxazole rings is 1. The first kappa shape index (κ1) is 17.4. The van der Waals surface area contributed by atoms with Crippen LogP contribution < -0.4 is 16.0 Å². The first-order valence-electron chi connectivity index (χ1n) is 8.44. The highest BCUT2D eigenvalue weighted by Gasteiger charge is 2.30. The van der Waals surface area contributed by atoms with Crippen LogP contribution in [-0.4, -0.2) is 22.4 Å². The van der Waals surface area contributed by atoms with E-state index in [0.717, 1.165) is 0 Å². The van der Waals surface area contributed by atoms with Gasteiger partial charge in [-0.1, -0.05) is 23.7 Å². The Bertz CT molecular complexity index is 1120. The summed E-state index contributed by atoms with van der Waals surface area (Å²) >= 11 is 5.93. The molecule has 0 spiro atoms. The maximum atomic E-state index is 13.1. The molecule has 1 atom stereocenters. The summed E-state index contributed by atoms with van der Waals surface area (Å²) in [5.74, 6) is -1.11. The minimum absolute atomic E-state index is 0.161. The van der Waals surface area contributed by atoms with Crippen molar-refractivity contribution in [1.29, 1.82) is 0 Å². The number of amides is 2. The lowest BCUT2D eigenvalue weighted by molar-refractivity contribution is -0.119. The minimum Gasteiger partial charge on any atom is -0.408 e. The highest BCUT2D eigenvalue weighted by atomic mass is 35.5. The molecule has 0 aliphatic carbocycles. The molecule has 0 fully saturated rings. The number of carbonyl (C=O) groups excluding carboxylic acids is 2. The number of para-hydroxylation sites is 2. The van der Waals surface area contributed by atoms with Gasteiger partial charge in [0.15, 0.2) is 5.58 Å². The zero-order valence-corrected chi connectivity index (χ0v) is 15.2. The Morgan fingerprint density at radius 2 is 2.04 bits per heavy atom. The summed E-state index contributed by atoms with van der Waals surface area (Å²) in [4.78, 5) is 39.0. The van der Waals surface area contributed by atoms with Gasteiger partial charge in [0, 0.05) is 23.6 Å². The molecule has 0 radical (unpaired) electrons. The maximum absolute atomic E-state index is 13.1. The third-order valence-corrected chi connectivity index (χ3v) is 4.79. The van der Waals surface area contributed by atoms with Gasteiger partial charge < -0.3 is 14.6 Å². The Balaban J connectivity index is 1.74. The van der Waals surface area contributed by atoms with Crippen molar-refractivity contribution in [1.82, 2.24) is 4.57 Å². The van der Waals surface area contributed by atoms with Crippen LogP contribution in [0, 0.1) is 0 Å². The summed E-state index contributed by atoms with van der Waals surface area (Å²) in [7, 11) is 0. The number of rotatable bonds is 2. The van der Waals surface area contributed by atoms with Gasteiger partial charge in [0.2, 0.25) is 11.8 Å². The highest BCUT2D eigenvalue weighted by Crippen LogP contribution is 2.31. The first-order chi connectivity index (χ1) is 12.9. The third kappa shape index (κ3) is 3.10. The molecule has 0 saturated heterocycles. The number of halogens is 1. The molecule has 2 aromatic carbocycles. The zero-order chi connectivity index (χ0) is 19.1. The van der Waals surface area contributed by atoms with Crippen LogP contribution in [0.2, 0.25) is 5.02 Å². The normalized spacial score (nSPS) is 16.7. The molecule has 3 aromatic rings. The van der Waals surface area contributed by atoms with Crippen molar-refractivity contribution in [2.75, 3.05) is 10.2 Å². The van der Waals surface area contributed by atoms with Crippen molar-refractivity contribution in [3.05, 3.63) is 58.0 Å². The van der Waals surface area contributed by atoms with Crippen LogP contribution in [0.25, 0.3) is 11.1 Å². The number of fused-ring (bicyclic) bond motifs is 2. The maximum Gasteiger partial charge on any atom is 0.420 e. The average Bonchev–Trinajstić information content (AvgIpc) is 2.83. The number of aromatic nitrogens is 1. The van der Waals surface area contributed by atoms with Gasteiger partial charge in [0.1, 0.15) is 6.54 Å². The Kier molecular flexibility index (Phi) is 4.24. The Labute approximate surface area is 159 Å². The van der Waals surface area contributed by atoms with Crippen molar-refractivity contribution in [2.45, 2.75) is 25.9 Å². The molecule has 1 N–H and O–H groups in total. The summed E-state index contributed by atoms with van der Waals surface area (Å²) in [6.07, 6.45) is 0.164. The van der Waals surface area contributed by atoms with Gasteiger partial charge in [-0.05, 0) is 31.2 Å². The SMILES string of the molecule is C[C@@H]1CC(=O)Nc2ccccc2N1C(=O)Cn1c(=O)oc2cc(Cl)ccc21. The van der Waals surface area contributed by atoms with Crippen LogP contribution in [0.5, 0.6) is 0 Å². The van der Waals surface area contributed by atoms with Crippen LogP contribution in [0.3, 0.4) is 0 Å². The summed E-state index contributed by atoms with van der Waals surface area (Å²) in [6, 6.07) is 11.5. The van der Waals surface area contributed by atoms with Gasteiger partial charge in [0.25, 0.3) is 0 Å². The molecule has 27 heavy (non-hydrogen) atoms. The molecule has 1 aliphatic heterocycles. The smallest absolute Gasteiger partial charge is 0.408 e. The van der Waals surface area contributed by atoms with Crippen LogP contribution in [0.4, 0.5) is 11.4 Å². The highest BCUT2D eigenvalue weighted by molar-refractivity contribution is 6.31. The number of nitrogens with one attached hydrogen (secondary N) is 1. The number of nitrogens with zero attached hydrogens (tertiary/aromatic N) is 2. The van der Waals surface area contributed by atoms with Gasteiger partial charge in [0.05, 0.1) is 16.9 Å². The standard InChI is InChI=1S/C19H16ClN3O4/c1-11-8-17(24)21-13-4-2-3-5-14(13)23(11)18(25)10-22-15-7-6-12(20)9-16(15)27-19(22)26/h2-7,9,11H,8,10H2,1H3,(H,21,24)/t11-/m1/s1. The number of hydrogen-bond donors (Lipinski definition) is 1. The minimum atomic E-state index is -0.634. The predicted molar refractivity (Wildman–Crippen MR) is 102 cm³/mol. The van der Waals surface area contributed by atoms with E-state index in [2.05, 4.69) is 5.32 Å². The van der Waals surface area contributed by atoms with Crippen LogP contribution >= 0.6 is 11.6 Å². The van der Waals surface area contributed by atoms with Crippen molar-refractivity contribution in [3.8, 4) is 0 Å². The predicted octanol–water partition coefficient (Wildman–Crippen LogP) is 3.01. The van der Waals surface area contributed by atoms with E-state index in [-0.39, 0.29) is 30.8 Å². The summed E-state index contributed by atoms with van der Waals surface area (Å²) in [5.41, 5.74) is 1.98. The van der Waals surface area contributed by atoms with Gasteiger partial charge in [-0.3, -0.25) is 14.2 Å². The van der Waals surface area contributed by atoms with E-state index >= 15 is 0 Å². The van der Waals surface area contributed by atoms with E-state index in [0.29, 0.717) is 27.5 Å². The molecular weight excluding hydrogens is 370 g/mol. The number of anilines is 2. The summed E-state index contributed by atoms with van der Waals surface area (Å²) < 4.78 is 6.46. The summed E-state index contributed by atoms with van der Waals surface area (Å²) in [6.45, 7) is 1.59. The van der Waals surface area contributed by atoms with Gasteiger partial charge in [-0.25, -0.2) is 4.79 Å². The first-order valence-corrected chi connectivity index (χ1v) is 8.81. The lowest BCUT2D eigenvalue weighted by Gasteiger charge is -2.27. The monoisotopic (exact) mass is 385 g/mol. The fourth-order valence-corrected chi connectivity index (χ4v) is 3.53. The molecule has 8 heteroatoms. The van der Waals surface area contributed by atoms with Crippen LogP contribution in [0.15, 0.2) is 51.7 Å². The third-order valence-electron chi connectivity index (χ3n) is 4.55. The van der Waals surface area contributed by atoms with Gasteiger partial charge in [-0.2, -0.15) is 0 Å². The molecule has 2 amide bonds. The average molecular weight is 386 g/mol. The van der Waals surface area contributed by atoms with Crippen molar-refractivity contribution in [2.24, 2.45) is 0 Å². The second-order valence-electron chi connectivity index (χ2n) is 6.45. The molecule has 138 valence electrons. The molecule has 0 unspecified atom stereocenters. The fourth-order valence-electron chi connectivity index (χ4n) is 3.37. The van der Waals surface area contributed by atoms with Gasteiger partial charge in [-0.15, -0.1) is 0 Å². The van der Waals surface area contributed by atoms with Crippen LogP contribution in [0.1, 0.15) is 13.3 Å². The van der Waals surface area contributed by atoms with Crippen molar-refractivity contribution >= 4 is 45.9 Å². The summed E-state index contributed by atoms with van der Waals surface area (Å²) in [5, 5.41) is 3.25. The molecule has 0 saturated carbocycles. The topological polar surface area (TPSA) is 84.5 Å². The number of benzene rings is 2. The molecule has 2 heterocycles. The van der Waals surface area contributed by atoms with Crippen LogP contribution in [-0.2, 0) is 16.1 Å². The Morgan fingerprint density at radius 1 is 1.26 bits per heavy atom. The van der Waals surface area contributed by atoms with Gasteiger partial charge >= 0.3 is 5.76 Å². The Morgan fingerprint density at radius 3 is 2.85 bits per heavy atom. The number of carbonyl (C=O) groups is 2. The molecular formula is C19H16ClN3O4. The molecule has 0 bridgehead atoms. The second kappa shape index (κ2) is 6.59.